The molecule has 118 valence electrons. The quantitative estimate of drug-likeness (QED) is 0.590. The molecular weight excluding hydrogens is 280 g/mol. The number of ether oxygens (including phenoxy) is 1. The fraction of sp³-hybridized carbons (Fsp3) is 0.929. The standard InChI is InChI=1S/C7H12O3S.C7H14O2/c8-11(9,10)7-4-5-1-2-6(7)3-5;1-5-7(2,3)6(8)9-4/h5-7H,1-4H2,(H,8,9,10);5H2,1-4H3/p-1. The van der Waals surface area contributed by atoms with Gasteiger partial charge in [-0.25, -0.2) is 8.42 Å². The maximum atomic E-state index is 10.8. The van der Waals surface area contributed by atoms with E-state index in [1.54, 1.807) is 0 Å². The third kappa shape index (κ3) is 4.19. The molecule has 3 unspecified atom stereocenters. The predicted octanol–water partition coefficient (Wildman–Crippen LogP) is 2.32. The molecule has 0 heterocycles. The Hall–Kier alpha value is -0.620. The van der Waals surface area contributed by atoms with Gasteiger partial charge in [-0.05, 0) is 51.4 Å². The van der Waals surface area contributed by atoms with Crippen molar-refractivity contribution in [1.29, 1.82) is 0 Å². The third-order valence-corrected chi connectivity index (χ3v) is 5.98. The Morgan fingerprint density at radius 3 is 2.10 bits per heavy atom. The molecular formula is C14H25O5S-. The number of esters is 1. The van der Waals surface area contributed by atoms with Gasteiger partial charge in [0.15, 0.2) is 0 Å². The average Bonchev–Trinajstić information content (AvgIpc) is 3.00. The van der Waals surface area contributed by atoms with E-state index in [0.29, 0.717) is 12.3 Å². The van der Waals surface area contributed by atoms with E-state index in [2.05, 4.69) is 4.74 Å². The molecule has 0 aliphatic heterocycles. The van der Waals surface area contributed by atoms with Crippen LogP contribution in [0.1, 0.15) is 52.9 Å². The van der Waals surface area contributed by atoms with Gasteiger partial charge < -0.3 is 9.29 Å². The number of hydrogen-bond donors (Lipinski definition) is 0. The second kappa shape index (κ2) is 6.43. The van der Waals surface area contributed by atoms with Crippen molar-refractivity contribution in [3.63, 3.8) is 0 Å². The fourth-order valence-corrected chi connectivity index (χ4v) is 4.19. The van der Waals surface area contributed by atoms with Crippen LogP contribution in [0.5, 0.6) is 0 Å². The SMILES string of the molecule is CCC(C)(C)C(=O)OC.O=S(=O)([O-])C1CC2CCC1C2. The molecule has 2 bridgehead atoms. The predicted molar refractivity (Wildman–Crippen MR) is 75.0 cm³/mol. The highest BCUT2D eigenvalue weighted by molar-refractivity contribution is 7.86. The highest BCUT2D eigenvalue weighted by Crippen LogP contribution is 2.46. The smallest absolute Gasteiger partial charge is 0.311 e. The van der Waals surface area contributed by atoms with Crippen LogP contribution >= 0.6 is 0 Å². The summed E-state index contributed by atoms with van der Waals surface area (Å²) in [6, 6.07) is 0. The molecule has 2 aliphatic carbocycles. The van der Waals surface area contributed by atoms with Crippen molar-refractivity contribution in [3.8, 4) is 0 Å². The third-order valence-electron chi connectivity index (χ3n) is 4.67. The van der Waals surface area contributed by atoms with Crippen LogP contribution < -0.4 is 0 Å². The average molecular weight is 305 g/mol. The Morgan fingerprint density at radius 2 is 1.90 bits per heavy atom. The molecule has 5 nitrogen and oxygen atoms in total. The van der Waals surface area contributed by atoms with Crippen LogP contribution in [0.15, 0.2) is 0 Å². The minimum atomic E-state index is -3.98. The van der Waals surface area contributed by atoms with E-state index in [1.807, 2.05) is 20.8 Å². The molecule has 0 aromatic heterocycles. The molecule has 2 aliphatic rings. The maximum Gasteiger partial charge on any atom is 0.311 e. The fourth-order valence-electron chi connectivity index (χ4n) is 2.96. The first kappa shape index (κ1) is 17.4. The molecule has 0 aromatic rings. The van der Waals surface area contributed by atoms with Gasteiger partial charge in [0.2, 0.25) is 0 Å². The minimum absolute atomic E-state index is 0.134. The van der Waals surface area contributed by atoms with E-state index in [0.717, 1.165) is 25.7 Å². The first-order valence-electron chi connectivity index (χ1n) is 7.15. The molecule has 6 heteroatoms. The topological polar surface area (TPSA) is 83.5 Å². The molecule has 2 rings (SSSR count). The van der Waals surface area contributed by atoms with Crippen LogP contribution in [0.2, 0.25) is 0 Å². The van der Waals surface area contributed by atoms with Crippen molar-refractivity contribution in [3.05, 3.63) is 0 Å². The second-order valence-corrected chi connectivity index (χ2v) is 8.03. The van der Waals surface area contributed by atoms with Crippen molar-refractivity contribution in [2.75, 3.05) is 7.11 Å². The molecule has 2 fully saturated rings. The van der Waals surface area contributed by atoms with Gasteiger partial charge in [-0.1, -0.05) is 13.3 Å². The van der Waals surface area contributed by atoms with Crippen LogP contribution in [0.3, 0.4) is 0 Å². The number of fused-ring (bicyclic) bond motifs is 2. The van der Waals surface area contributed by atoms with Crippen LogP contribution in [-0.2, 0) is 19.6 Å². The summed E-state index contributed by atoms with van der Waals surface area (Å²) in [6.45, 7) is 5.72. The Labute approximate surface area is 121 Å². The second-order valence-electron chi connectivity index (χ2n) is 6.44. The van der Waals surface area contributed by atoms with Crippen molar-refractivity contribution in [2.45, 2.75) is 58.1 Å². The summed E-state index contributed by atoms with van der Waals surface area (Å²) in [4.78, 5) is 10.8. The van der Waals surface area contributed by atoms with Gasteiger partial charge in [-0.2, -0.15) is 0 Å². The lowest BCUT2D eigenvalue weighted by molar-refractivity contribution is -0.150. The number of carbonyl (C=O) groups is 1. The molecule has 0 aromatic carbocycles. The number of carbonyl (C=O) groups excluding carboxylic acids is 1. The summed E-state index contributed by atoms with van der Waals surface area (Å²) in [5, 5.41) is -0.541. The molecule has 0 saturated heterocycles. The first-order valence-corrected chi connectivity index (χ1v) is 8.62. The highest BCUT2D eigenvalue weighted by atomic mass is 32.2. The Balaban J connectivity index is 0.000000206. The van der Waals surface area contributed by atoms with Gasteiger partial charge in [0, 0.05) is 0 Å². The molecule has 0 amide bonds. The highest BCUT2D eigenvalue weighted by Gasteiger charge is 2.42. The van der Waals surface area contributed by atoms with Gasteiger partial charge in [0.05, 0.1) is 27.9 Å². The summed E-state index contributed by atoms with van der Waals surface area (Å²) >= 11 is 0. The number of methoxy groups -OCH3 is 1. The monoisotopic (exact) mass is 305 g/mol. The number of hydrogen-bond acceptors (Lipinski definition) is 5. The molecule has 20 heavy (non-hydrogen) atoms. The van der Waals surface area contributed by atoms with E-state index >= 15 is 0 Å². The zero-order chi connectivity index (χ0) is 15.6. The summed E-state index contributed by atoms with van der Waals surface area (Å²) in [6.07, 6.45) is 4.52. The summed E-state index contributed by atoms with van der Waals surface area (Å²) in [5.41, 5.74) is -0.311. The first-order chi connectivity index (χ1) is 9.11. The Kier molecular flexibility index (Phi) is 5.61. The lowest BCUT2D eigenvalue weighted by Crippen LogP contribution is -2.26. The number of rotatable bonds is 3. The van der Waals surface area contributed by atoms with Crippen molar-refractivity contribution in [1.82, 2.24) is 0 Å². The molecule has 0 spiro atoms. The molecule has 0 N–H and O–H groups in total. The molecule has 2 saturated carbocycles. The maximum absolute atomic E-state index is 10.8. The van der Waals surface area contributed by atoms with Gasteiger partial charge in [-0.15, -0.1) is 0 Å². The lowest BCUT2D eigenvalue weighted by Gasteiger charge is -2.24. The molecule has 3 atom stereocenters. The van der Waals surface area contributed by atoms with E-state index in [1.165, 1.54) is 7.11 Å². The van der Waals surface area contributed by atoms with Crippen molar-refractivity contribution in [2.24, 2.45) is 17.3 Å². The van der Waals surface area contributed by atoms with Crippen LogP contribution in [0.4, 0.5) is 0 Å². The molecule has 0 radical (unpaired) electrons. The zero-order valence-electron chi connectivity index (χ0n) is 12.7. The summed E-state index contributed by atoms with van der Waals surface area (Å²) < 4.78 is 36.6. The van der Waals surface area contributed by atoms with Gasteiger partial charge in [-0.3, -0.25) is 4.79 Å². The van der Waals surface area contributed by atoms with E-state index in [4.69, 9.17) is 0 Å². The van der Waals surface area contributed by atoms with Crippen LogP contribution in [0.25, 0.3) is 0 Å². The van der Waals surface area contributed by atoms with Crippen molar-refractivity contribution >= 4 is 16.1 Å². The zero-order valence-corrected chi connectivity index (χ0v) is 13.5. The lowest BCUT2D eigenvalue weighted by atomic mass is 9.91. The Bertz CT molecular complexity index is 440. The Morgan fingerprint density at radius 1 is 1.30 bits per heavy atom. The van der Waals surface area contributed by atoms with Crippen LogP contribution in [0, 0.1) is 17.3 Å². The largest absolute Gasteiger partial charge is 0.748 e. The van der Waals surface area contributed by atoms with E-state index in [-0.39, 0.29) is 17.3 Å². The van der Waals surface area contributed by atoms with Gasteiger partial charge in [0.25, 0.3) is 0 Å². The van der Waals surface area contributed by atoms with Gasteiger partial charge >= 0.3 is 5.97 Å². The van der Waals surface area contributed by atoms with Crippen molar-refractivity contribution < 1.29 is 22.5 Å². The van der Waals surface area contributed by atoms with Gasteiger partial charge in [0.1, 0.15) is 0 Å². The van der Waals surface area contributed by atoms with E-state index in [9.17, 15) is 17.8 Å². The summed E-state index contributed by atoms with van der Waals surface area (Å²) in [5.74, 6) is 0.598. The summed E-state index contributed by atoms with van der Waals surface area (Å²) in [7, 11) is -2.57. The van der Waals surface area contributed by atoms with Crippen LogP contribution in [-0.4, -0.2) is 31.3 Å². The normalized spacial score (nSPS) is 28.8. The minimum Gasteiger partial charge on any atom is -0.748 e. The van der Waals surface area contributed by atoms with E-state index < -0.39 is 15.4 Å².